The monoisotopic (exact) mass is 249 g/mol. The Morgan fingerprint density at radius 1 is 1.25 bits per heavy atom. The van der Waals surface area contributed by atoms with Crippen LogP contribution >= 0.6 is 0 Å². The van der Waals surface area contributed by atoms with Crippen LogP contribution in [-0.2, 0) is 10.1 Å². The van der Waals surface area contributed by atoms with Gasteiger partial charge in [0.25, 0.3) is 10.1 Å². The van der Waals surface area contributed by atoms with Crippen LogP contribution in [0.1, 0.15) is 46.0 Å². The van der Waals surface area contributed by atoms with Crippen molar-refractivity contribution in [1.82, 2.24) is 5.32 Å². The fraction of sp³-hybridized carbons (Fsp3) is 1.00. The van der Waals surface area contributed by atoms with Crippen molar-refractivity contribution >= 4 is 10.1 Å². The highest BCUT2D eigenvalue weighted by Gasteiger charge is 2.27. The van der Waals surface area contributed by atoms with Crippen LogP contribution < -0.4 is 5.32 Å². The smallest absolute Gasteiger partial charge is 0.281 e. The Balaban J connectivity index is 2.44. The lowest BCUT2D eigenvalue weighted by Gasteiger charge is -2.25. The van der Waals surface area contributed by atoms with Gasteiger partial charge in [0.1, 0.15) is 5.37 Å². The molecule has 0 saturated heterocycles. The molecule has 1 rings (SSSR count). The quantitative estimate of drug-likeness (QED) is 0.732. The van der Waals surface area contributed by atoms with Gasteiger partial charge in [0.15, 0.2) is 0 Å². The van der Waals surface area contributed by atoms with Gasteiger partial charge in [-0.1, -0.05) is 33.1 Å². The molecule has 96 valence electrons. The van der Waals surface area contributed by atoms with E-state index in [-0.39, 0.29) is 5.92 Å². The van der Waals surface area contributed by atoms with Crippen LogP contribution in [0.25, 0.3) is 0 Å². The second-order valence-electron chi connectivity index (χ2n) is 5.09. The van der Waals surface area contributed by atoms with E-state index in [0.717, 1.165) is 0 Å². The van der Waals surface area contributed by atoms with E-state index < -0.39 is 15.5 Å². The Bertz CT molecular complexity index is 294. The molecular formula is C11H23NO3S. The third-order valence-corrected chi connectivity index (χ3v) is 4.61. The standard InChI is InChI=1S/C11H23NO3S/c1-9(2)11(16(13,14)15)12-8-10-6-4-3-5-7-10/h9-12H,3-8H2,1-2H3,(H,13,14,15). The first-order chi connectivity index (χ1) is 7.41. The van der Waals surface area contributed by atoms with Gasteiger partial charge in [-0.15, -0.1) is 0 Å². The molecule has 1 atom stereocenters. The van der Waals surface area contributed by atoms with E-state index in [9.17, 15) is 8.42 Å². The normalized spacial score (nSPS) is 21.2. The lowest BCUT2D eigenvalue weighted by atomic mass is 9.89. The van der Waals surface area contributed by atoms with Gasteiger partial charge in [0.2, 0.25) is 0 Å². The first-order valence-corrected chi connectivity index (χ1v) is 7.61. The molecule has 0 bridgehead atoms. The summed E-state index contributed by atoms with van der Waals surface area (Å²) in [5.41, 5.74) is 0. The molecule has 0 aromatic carbocycles. The van der Waals surface area contributed by atoms with E-state index in [4.69, 9.17) is 4.55 Å². The molecule has 1 unspecified atom stereocenters. The van der Waals surface area contributed by atoms with Crippen LogP contribution in [0.4, 0.5) is 0 Å². The van der Waals surface area contributed by atoms with Gasteiger partial charge < -0.3 is 0 Å². The molecule has 0 aromatic heterocycles. The van der Waals surface area contributed by atoms with Crippen molar-refractivity contribution in [1.29, 1.82) is 0 Å². The van der Waals surface area contributed by atoms with Crippen LogP contribution in [0.15, 0.2) is 0 Å². The fourth-order valence-electron chi connectivity index (χ4n) is 2.36. The van der Waals surface area contributed by atoms with Gasteiger partial charge in [-0.25, -0.2) is 0 Å². The molecule has 4 nitrogen and oxygen atoms in total. The highest BCUT2D eigenvalue weighted by molar-refractivity contribution is 7.86. The van der Waals surface area contributed by atoms with E-state index in [1.807, 2.05) is 0 Å². The minimum atomic E-state index is -3.98. The van der Waals surface area contributed by atoms with Gasteiger partial charge in [-0.05, 0) is 31.2 Å². The molecule has 0 amide bonds. The van der Waals surface area contributed by atoms with Crippen LogP contribution in [-0.4, -0.2) is 24.9 Å². The van der Waals surface area contributed by atoms with Crippen LogP contribution in [0.5, 0.6) is 0 Å². The van der Waals surface area contributed by atoms with Gasteiger partial charge in [0, 0.05) is 0 Å². The summed E-state index contributed by atoms with van der Waals surface area (Å²) in [5, 5.41) is 2.17. The Labute approximate surface area is 98.6 Å². The zero-order valence-electron chi connectivity index (χ0n) is 10.1. The highest BCUT2D eigenvalue weighted by atomic mass is 32.2. The fourth-order valence-corrected chi connectivity index (χ4v) is 3.35. The first-order valence-electron chi connectivity index (χ1n) is 6.11. The van der Waals surface area contributed by atoms with E-state index in [1.165, 1.54) is 32.1 Å². The number of hydrogen-bond acceptors (Lipinski definition) is 3. The predicted octanol–water partition coefficient (Wildman–Crippen LogP) is 2.03. The minimum absolute atomic E-state index is 0.112. The Morgan fingerprint density at radius 3 is 2.25 bits per heavy atom. The molecule has 0 aliphatic heterocycles. The van der Waals surface area contributed by atoms with Gasteiger partial charge in [-0.2, -0.15) is 8.42 Å². The van der Waals surface area contributed by atoms with E-state index in [2.05, 4.69) is 5.32 Å². The van der Waals surface area contributed by atoms with E-state index in [0.29, 0.717) is 12.5 Å². The zero-order valence-corrected chi connectivity index (χ0v) is 11.0. The Morgan fingerprint density at radius 2 is 1.81 bits per heavy atom. The molecule has 0 heterocycles. The van der Waals surface area contributed by atoms with Crippen molar-refractivity contribution in [2.75, 3.05) is 6.54 Å². The molecule has 1 saturated carbocycles. The summed E-state index contributed by atoms with van der Waals surface area (Å²) in [6.45, 7) is 4.29. The molecule has 1 fully saturated rings. The summed E-state index contributed by atoms with van der Waals surface area (Å²) >= 11 is 0. The summed E-state index contributed by atoms with van der Waals surface area (Å²) in [4.78, 5) is 0. The molecule has 0 radical (unpaired) electrons. The second-order valence-corrected chi connectivity index (χ2v) is 6.63. The molecule has 16 heavy (non-hydrogen) atoms. The number of rotatable bonds is 5. The van der Waals surface area contributed by atoms with Gasteiger partial charge in [-0.3, -0.25) is 9.87 Å². The molecule has 0 aromatic rings. The van der Waals surface area contributed by atoms with Crippen molar-refractivity contribution in [2.45, 2.75) is 51.3 Å². The summed E-state index contributed by atoms with van der Waals surface area (Å²) in [5.74, 6) is 0.454. The Kier molecular flexibility index (Phi) is 5.21. The average Bonchev–Trinajstić information content (AvgIpc) is 2.17. The maximum atomic E-state index is 11.1. The molecule has 2 N–H and O–H groups in total. The topological polar surface area (TPSA) is 66.4 Å². The lowest BCUT2D eigenvalue weighted by Crippen LogP contribution is -2.43. The maximum absolute atomic E-state index is 11.1. The minimum Gasteiger partial charge on any atom is -0.299 e. The van der Waals surface area contributed by atoms with E-state index in [1.54, 1.807) is 13.8 Å². The van der Waals surface area contributed by atoms with Crippen LogP contribution in [0, 0.1) is 11.8 Å². The lowest BCUT2D eigenvalue weighted by molar-refractivity contribution is 0.321. The van der Waals surface area contributed by atoms with Crippen molar-refractivity contribution < 1.29 is 13.0 Å². The van der Waals surface area contributed by atoms with Crippen molar-refractivity contribution in [2.24, 2.45) is 11.8 Å². The third-order valence-electron chi connectivity index (χ3n) is 3.26. The molecule has 0 spiro atoms. The summed E-state index contributed by atoms with van der Waals surface area (Å²) in [7, 11) is -3.98. The average molecular weight is 249 g/mol. The van der Waals surface area contributed by atoms with Crippen LogP contribution in [0.3, 0.4) is 0 Å². The SMILES string of the molecule is CC(C)C(NCC1CCCCC1)S(=O)(=O)O. The third kappa shape index (κ3) is 4.39. The van der Waals surface area contributed by atoms with Crippen LogP contribution in [0.2, 0.25) is 0 Å². The van der Waals surface area contributed by atoms with E-state index >= 15 is 0 Å². The van der Waals surface area contributed by atoms with Gasteiger partial charge in [0.05, 0.1) is 0 Å². The maximum Gasteiger partial charge on any atom is 0.281 e. The van der Waals surface area contributed by atoms with Crippen molar-refractivity contribution in [3.63, 3.8) is 0 Å². The summed E-state index contributed by atoms with van der Waals surface area (Å²) in [6.07, 6.45) is 6.12. The largest absolute Gasteiger partial charge is 0.299 e. The molecule has 1 aliphatic carbocycles. The molecule has 5 heteroatoms. The predicted molar refractivity (Wildman–Crippen MR) is 64.8 cm³/mol. The van der Waals surface area contributed by atoms with Crippen molar-refractivity contribution in [3.05, 3.63) is 0 Å². The Hall–Kier alpha value is -0.130. The first kappa shape index (κ1) is 13.9. The number of hydrogen-bond donors (Lipinski definition) is 2. The zero-order chi connectivity index (χ0) is 12.2. The number of nitrogens with one attached hydrogen (secondary N) is 1. The molecular weight excluding hydrogens is 226 g/mol. The second kappa shape index (κ2) is 5.98. The summed E-state index contributed by atoms with van der Waals surface area (Å²) in [6, 6.07) is 0. The van der Waals surface area contributed by atoms with Crippen molar-refractivity contribution in [3.8, 4) is 0 Å². The highest BCUT2D eigenvalue weighted by Crippen LogP contribution is 2.23. The van der Waals surface area contributed by atoms with Gasteiger partial charge >= 0.3 is 0 Å². The molecule has 1 aliphatic rings. The summed E-state index contributed by atoms with van der Waals surface area (Å²) < 4.78 is 31.4.